The third-order valence-corrected chi connectivity index (χ3v) is 9.76. The van der Waals surface area contributed by atoms with E-state index in [2.05, 4.69) is 5.32 Å². The number of aryl methyl sites for hydroxylation is 1. The number of amides is 1. The second-order valence-electron chi connectivity index (χ2n) is 7.90. The predicted molar refractivity (Wildman–Crippen MR) is 132 cm³/mol. The van der Waals surface area contributed by atoms with Gasteiger partial charge in [0.05, 0.1) is 35.7 Å². The highest BCUT2D eigenvalue weighted by Crippen LogP contribution is 2.28. The number of carbonyl (C=O) groups excluding carboxylic acids is 1. The van der Waals surface area contributed by atoms with Crippen molar-refractivity contribution in [3.8, 4) is 5.75 Å². The Morgan fingerprint density at radius 3 is 2.26 bits per heavy atom. The molecule has 1 aliphatic heterocycles. The standard InChI is InChI=1S/C23H31N3O7S2/c1-5-25(6-2)34(28,29)19-8-7-17(3)21(16-19)24-23(27)20-15-18(9-10-22(20)32-4)35(30,31)26-11-13-33-14-12-26/h7-10,15-16H,5-6,11-14H2,1-4H3,(H,24,27). The molecule has 0 atom stereocenters. The van der Waals surface area contributed by atoms with E-state index in [-0.39, 0.29) is 34.2 Å². The van der Waals surface area contributed by atoms with E-state index in [4.69, 9.17) is 9.47 Å². The summed E-state index contributed by atoms with van der Waals surface area (Å²) in [4.78, 5) is 13.2. The number of sulfonamides is 2. The van der Waals surface area contributed by atoms with Gasteiger partial charge in [-0.1, -0.05) is 19.9 Å². The number of benzene rings is 2. The molecule has 1 saturated heterocycles. The topological polar surface area (TPSA) is 122 Å². The van der Waals surface area contributed by atoms with Crippen LogP contribution in [0.2, 0.25) is 0 Å². The van der Waals surface area contributed by atoms with Crippen LogP contribution in [0.3, 0.4) is 0 Å². The van der Waals surface area contributed by atoms with Gasteiger partial charge in [0.15, 0.2) is 0 Å². The molecule has 0 aromatic heterocycles. The summed E-state index contributed by atoms with van der Waals surface area (Å²) in [5.41, 5.74) is 0.956. The fraction of sp³-hybridized carbons (Fsp3) is 0.435. The molecule has 0 bridgehead atoms. The van der Waals surface area contributed by atoms with Crippen molar-refractivity contribution in [2.75, 3.05) is 51.8 Å². The third-order valence-electron chi connectivity index (χ3n) is 5.82. The average Bonchev–Trinajstić information content (AvgIpc) is 2.85. The van der Waals surface area contributed by atoms with Crippen LogP contribution in [0.5, 0.6) is 5.75 Å². The Morgan fingerprint density at radius 2 is 1.66 bits per heavy atom. The van der Waals surface area contributed by atoms with E-state index >= 15 is 0 Å². The van der Waals surface area contributed by atoms with Gasteiger partial charge in [0.2, 0.25) is 20.0 Å². The highest BCUT2D eigenvalue weighted by Gasteiger charge is 2.28. The second kappa shape index (κ2) is 11.0. The zero-order valence-electron chi connectivity index (χ0n) is 20.3. The summed E-state index contributed by atoms with van der Waals surface area (Å²) in [5.74, 6) is -0.436. The number of methoxy groups -OCH3 is 1. The maximum atomic E-state index is 13.2. The maximum Gasteiger partial charge on any atom is 0.259 e. The van der Waals surface area contributed by atoms with Crippen LogP contribution in [0.4, 0.5) is 5.69 Å². The first-order valence-corrected chi connectivity index (χ1v) is 14.1. The van der Waals surface area contributed by atoms with Crippen molar-refractivity contribution < 1.29 is 31.1 Å². The largest absolute Gasteiger partial charge is 0.496 e. The van der Waals surface area contributed by atoms with Crippen LogP contribution in [0.1, 0.15) is 29.8 Å². The van der Waals surface area contributed by atoms with Crippen molar-refractivity contribution in [3.05, 3.63) is 47.5 Å². The van der Waals surface area contributed by atoms with E-state index < -0.39 is 26.0 Å². The Kier molecular flexibility index (Phi) is 8.54. The van der Waals surface area contributed by atoms with E-state index in [0.29, 0.717) is 37.6 Å². The minimum absolute atomic E-state index is 0.0123. The fourth-order valence-corrected chi connectivity index (χ4v) is 6.68. The van der Waals surface area contributed by atoms with Gasteiger partial charge in [-0.3, -0.25) is 4.79 Å². The van der Waals surface area contributed by atoms with E-state index in [9.17, 15) is 21.6 Å². The van der Waals surface area contributed by atoms with Gasteiger partial charge in [0.25, 0.3) is 5.91 Å². The first-order valence-electron chi connectivity index (χ1n) is 11.2. The first-order chi connectivity index (χ1) is 16.6. The van der Waals surface area contributed by atoms with Gasteiger partial charge in [-0.05, 0) is 42.8 Å². The Hall–Kier alpha value is -2.51. The van der Waals surface area contributed by atoms with Gasteiger partial charge in [0.1, 0.15) is 5.75 Å². The minimum Gasteiger partial charge on any atom is -0.496 e. The zero-order valence-corrected chi connectivity index (χ0v) is 21.9. The molecule has 1 heterocycles. The maximum absolute atomic E-state index is 13.2. The normalized spacial score (nSPS) is 15.2. The van der Waals surface area contributed by atoms with Gasteiger partial charge in [0, 0.05) is 31.9 Å². The molecule has 1 aliphatic rings. The van der Waals surface area contributed by atoms with Crippen LogP contribution in [-0.2, 0) is 24.8 Å². The number of nitrogens with one attached hydrogen (secondary N) is 1. The van der Waals surface area contributed by atoms with E-state index in [1.807, 2.05) is 0 Å². The Morgan fingerprint density at radius 1 is 1.03 bits per heavy atom. The lowest BCUT2D eigenvalue weighted by atomic mass is 10.1. The van der Waals surface area contributed by atoms with Gasteiger partial charge in [-0.25, -0.2) is 16.8 Å². The lowest BCUT2D eigenvalue weighted by Crippen LogP contribution is -2.40. The second-order valence-corrected chi connectivity index (χ2v) is 11.8. The van der Waals surface area contributed by atoms with Crippen molar-refractivity contribution in [2.24, 2.45) is 0 Å². The van der Waals surface area contributed by atoms with Gasteiger partial charge >= 0.3 is 0 Å². The molecule has 2 aromatic rings. The molecule has 1 fully saturated rings. The monoisotopic (exact) mass is 525 g/mol. The fourth-order valence-electron chi connectivity index (χ4n) is 3.76. The SMILES string of the molecule is CCN(CC)S(=O)(=O)c1ccc(C)c(NC(=O)c2cc(S(=O)(=O)N3CCOCC3)ccc2OC)c1. The molecule has 0 spiro atoms. The van der Waals surface area contributed by atoms with Gasteiger partial charge in [-0.2, -0.15) is 8.61 Å². The van der Waals surface area contributed by atoms with Gasteiger partial charge in [-0.15, -0.1) is 0 Å². The third kappa shape index (κ3) is 5.67. The molecule has 10 nitrogen and oxygen atoms in total. The summed E-state index contributed by atoms with van der Waals surface area (Å²) in [6.45, 7) is 6.92. The Labute approximate surface area is 206 Å². The molecule has 1 N–H and O–H groups in total. The van der Waals surface area contributed by atoms with Crippen LogP contribution in [-0.4, -0.2) is 77.9 Å². The van der Waals surface area contributed by atoms with Crippen molar-refractivity contribution in [1.29, 1.82) is 0 Å². The summed E-state index contributed by atoms with van der Waals surface area (Å²) in [5, 5.41) is 2.72. The summed E-state index contributed by atoms with van der Waals surface area (Å²) in [6, 6.07) is 8.60. The number of ether oxygens (including phenoxy) is 2. The van der Waals surface area contributed by atoms with Crippen molar-refractivity contribution in [1.82, 2.24) is 8.61 Å². The predicted octanol–water partition coefficient (Wildman–Crippen LogP) is 2.31. The highest BCUT2D eigenvalue weighted by molar-refractivity contribution is 7.89. The molecule has 3 rings (SSSR count). The number of hydrogen-bond donors (Lipinski definition) is 1. The summed E-state index contributed by atoms with van der Waals surface area (Å²) < 4.78 is 65.2. The molecule has 0 unspecified atom stereocenters. The number of rotatable bonds is 9. The lowest BCUT2D eigenvalue weighted by molar-refractivity contribution is 0.0730. The summed E-state index contributed by atoms with van der Waals surface area (Å²) in [7, 11) is -6.18. The molecule has 0 saturated carbocycles. The van der Waals surface area contributed by atoms with E-state index in [0.717, 1.165) is 0 Å². The Bertz CT molecular complexity index is 1280. The number of morpholine rings is 1. The number of anilines is 1. The molecule has 192 valence electrons. The lowest BCUT2D eigenvalue weighted by Gasteiger charge is -2.26. The zero-order chi connectivity index (χ0) is 25.8. The van der Waals surface area contributed by atoms with Crippen molar-refractivity contribution in [2.45, 2.75) is 30.6 Å². The van der Waals surface area contributed by atoms with E-state index in [1.165, 1.54) is 46.1 Å². The molecule has 0 aliphatic carbocycles. The molecular weight excluding hydrogens is 494 g/mol. The molecular formula is C23H31N3O7S2. The number of carbonyl (C=O) groups is 1. The van der Waals surface area contributed by atoms with E-state index in [1.54, 1.807) is 26.8 Å². The molecule has 1 amide bonds. The van der Waals surface area contributed by atoms with Crippen LogP contribution < -0.4 is 10.1 Å². The van der Waals surface area contributed by atoms with Crippen LogP contribution in [0, 0.1) is 6.92 Å². The van der Waals surface area contributed by atoms with Crippen LogP contribution in [0.15, 0.2) is 46.2 Å². The Balaban J connectivity index is 1.96. The van der Waals surface area contributed by atoms with Gasteiger partial charge < -0.3 is 14.8 Å². The molecule has 12 heteroatoms. The quantitative estimate of drug-likeness (QED) is 0.533. The van der Waals surface area contributed by atoms with Crippen molar-refractivity contribution in [3.63, 3.8) is 0 Å². The number of nitrogens with zero attached hydrogens (tertiary/aromatic N) is 2. The van der Waals surface area contributed by atoms with Crippen molar-refractivity contribution >= 4 is 31.6 Å². The van der Waals surface area contributed by atoms with Crippen LogP contribution in [0.25, 0.3) is 0 Å². The highest BCUT2D eigenvalue weighted by atomic mass is 32.2. The average molecular weight is 526 g/mol. The number of hydrogen-bond acceptors (Lipinski definition) is 7. The first kappa shape index (κ1) is 27.1. The molecule has 2 aromatic carbocycles. The summed E-state index contributed by atoms with van der Waals surface area (Å²) >= 11 is 0. The molecule has 0 radical (unpaired) electrons. The minimum atomic E-state index is -3.83. The summed E-state index contributed by atoms with van der Waals surface area (Å²) in [6.07, 6.45) is 0. The molecule has 35 heavy (non-hydrogen) atoms. The van der Waals surface area contributed by atoms with Crippen LogP contribution >= 0.6 is 0 Å². The smallest absolute Gasteiger partial charge is 0.259 e.